The fraction of sp³-hybridized carbons (Fsp3) is 0.450. The van der Waals surface area contributed by atoms with Crippen molar-refractivity contribution >= 4 is 5.91 Å². The highest BCUT2D eigenvalue weighted by molar-refractivity contribution is 5.80. The quantitative estimate of drug-likeness (QED) is 0.935. The molecule has 3 aliphatic heterocycles. The molecule has 4 fully saturated rings. The van der Waals surface area contributed by atoms with Crippen molar-refractivity contribution in [2.24, 2.45) is 5.92 Å². The molecule has 5 heteroatoms. The molecule has 2 bridgehead atoms. The van der Waals surface area contributed by atoms with Crippen LogP contribution in [0.5, 0.6) is 0 Å². The van der Waals surface area contributed by atoms with E-state index in [4.69, 9.17) is 0 Å². The topological polar surface area (TPSA) is 58.1 Å². The summed E-state index contributed by atoms with van der Waals surface area (Å²) in [5, 5.41) is 3.62. The molecule has 1 aliphatic carbocycles. The van der Waals surface area contributed by atoms with Crippen molar-refractivity contribution < 1.29 is 4.79 Å². The zero-order chi connectivity index (χ0) is 16.8. The molecule has 1 unspecified atom stereocenters. The lowest BCUT2D eigenvalue weighted by Gasteiger charge is -2.55. The first kappa shape index (κ1) is 15.0. The predicted octanol–water partition coefficient (Wildman–Crippen LogP) is 2.21. The van der Waals surface area contributed by atoms with E-state index in [2.05, 4.69) is 44.5 Å². The van der Waals surface area contributed by atoms with Crippen LogP contribution in [-0.4, -0.2) is 45.9 Å². The van der Waals surface area contributed by atoms with Crippen LogP contribution in [0.1, 0.15) is 30.7 Å². The van der Waals surface area contributed by atoms with E-state index >= 15 is 0 Å². The molecular formula is C20H22N4O. The first-order valence-electron chi connectivity index (χ1n) is 9.20. The van der Waals surface area contributed by atoms with E-state index in [1.54, 1.807) is 6.33 Å². The Kier molecular flexibility index (Phi) is 3.55. The van der Waals surface area contributed by atoms with Gasteiger partial charge in [-0.2, -0.15) is 0 Å². The van der Waals surface area contributed by atoms with Gasteiger partial charge >= 0.3 is 0 Å². The second-order valence-corrected chi connectivity index (χ2v) is 7.53. The van der Waals surface area contributed by atoms with Crippen LogP contribution in [0.4, 0.5) is 0 Å². The molecule has 1 N–H and O–H groups in total. The van der Waals surface area contributed by atoms with Crippen molar-refractivity contribution in [3.8, 4) is 11.1 Å². The summed E-state index contributed by atoms with van der Waals surface area (Å²) in [6, 6.07) is 9.54. The third-order valence-electron chi connectivity index (χ3n) is 6.08. The van der Waals surface area contributed by atoms with Crippen LogP contribution in [-0.2, 0) is 4.79 Å². The van der Waals surface area contributed by atoms with Crippen molar-refractivity contribution in [2.45, 2.75) is 37.3 Å². The lowest BCUT2D eigenvalue weighted by atomic mass is 9.73. The van der Waals surface area contributed by atoms with Gasteiger partial charge in [0.25, 0.3) is 0 Å². The normalized spacial score (nSPS) is 28.2. The maximum absolute atomic E-state index is 12.5. The number of amides is 1. The SMILES string of the molecule is O=C(C1CCC1)N1C[C@@H]2N[C@H](C1)C2c1ccc(-c2cncnc2)cc1. The molecule has 1 aromatic heterocycles. The standard InChI is InChI=1S/C20H22N4O/c25-20(15-2-1-3-15)24-10-17-19(18(11-24)23-17)14-6-4-13(5-7-14)16-8-21-12-22-9-16/h4-9,12,15,17-19,23H,1-3,10-11H2/t17-,18+,19?. The summed E-state index contributed by atoms with van der Waals surface area (Å²) in [6.45, 7) is 1.70. The number of nitrogens with one attached hydrogen (secondary N) is 1. The molecule has 6 rings (SSSR count). The van der Waals surface area contributed by atoms with E-state index in [0.717, 1.165) is 37.1 Å². The number of hydrogen-bond acceptors (Lipinski definition) is 4. The number of piperidine rings is 1. The largest absolute Gasteiger partial charge is 0.339 e. The summed E-state index contributed by atoms with van der Waals surface area (Å²) in [5.74, 6) is 1.22. The molecule has 3 atom stereocenters. The smallest absolute Gasteiger partial charge is 0.225 e. The van der Waals surface area contributed by atoms with Gasteiger partial charge in [-0.15, -0.1) is 0 Å². The van der Waals surface area contributed by atoms with Crippen LogP contribution >= 0.6 is 0 Å². The summed E-state index contributed by atoms with van der Waals surface area (Å²) in [4.78, 5) is 22.7. The number of fused-ring (bicyclic) bond motifs is 2. The van der Waals surface area contributed by atoms with E-state index in [1.165, 1.54) is 12.0 Å². The Morgan fingerprint density at radius 2 is 1.68 bits per heavy atom. The van der Waals surface area contributed by atoms with E-state index < -0.39 is 0 Å². The van der Waals surface area contributed by atoms with E-state index in [0.29, 0.717) is 29.8 Å². The molecule has 25 heavy (non-hydrogen) atoms. The second-order valence-electron chi connectivity index (χ2n) is 7.53. The summed E-state index contributed by atoms with van der Waals surface area (Å²) in [5.41, 5.74) is 3.55. The van der Waals surface area contributed by atoms with Crippen molar-refractivity contribution in [3.05, 3.63) is 48.5 Å². The van der Waals surface area contributed by atoms with Crippen LogP contribution in [0.25, 0.3) is 11.1 Å². The second kappa shape index (κ2) is 5.92. The van der Waals surface area contributed by atoms with E-state index in [9.17, 15) is 4.79 Å². The van der Waals surface area contributed by atoms with Crippen LogP contribution in [0, 0.1) is 5.92 Å². The molecule has 128 valence electrons. The highest BCUT2D eigenvalue weighted by atomic mass is 16.2. The van der Waals surface area contributed by atoms with Crippen molar-refractivity contribution in [2.75, 3.05) is 13.1 Å². The lowest BCUT2D eigenvalue weighted by Crippen LogP contribution is -2.72. The Labute approximate surface area is 147 Å². The minimum atomic E-state index is 0.309. The average molecular weight is 334 g/mol. The highest BCUT2D eigenvalue weighted by Gasteiger charge is 2.48. The number of piperazine rings is 1. The third kappa shape index (κ3) is 2.54. The van der Waals surface area contributed by atoms with Crippen LogP contribution in [0.15, 0.2) is 43.0 Å². The molecule has 3 saturated heterocycles. The van der Waals surface area contributed by atoms with Gasteiger partial charge in [0.15, 0.2) is 0 Å². The molecular weight excluding hydrogens is 312 g/mol. The van der Waals surface area contributed by atoms with E-state index in [1.807, 2.05) is 12.4 Å². The monoisotopic (exact) mass is 334 g/mol. The zero-order valence-electron chi connectivity index (χ0n) is 14.1. The summed E-state index contributed by atoms with van der Waals surface area (Å²) < 4.78 is 0. The van der Waals surface area contributed by atoms with Gasteiger partial charge in [0.05, 0.1) is 0 Å². The van der Waals surface area contributed by atoms with Gasteiger partial charge in [-0.1, -0.05) is 30.7 Å². The molecule has 2 aromatic rings. The van der Waals surface area contributed by atoms with Crippen molar-refractivity contribution in [3.63, 3.8) is 0 Å². The summed E-state index contributed by atoms with van der Waals surface area (Å²) >= 11 is 0. The number of carbonyl (C=O) groups excluding carboxylic acids is 1. The number of rotatable bonds is 3. The number of aromatic nitrogens is 2. The van der Waals surface area contributed by atoms with Gasteiger partial charge in [-0.05, 0) is 24.0 Å². The molecule has 0 spiro atoms. The molecule has 0 radical (unpaired) electrons. The maximum atomic E-state index is 12.5. The van der Waals surface area contributed by atoms with E-state index in [-0.39, 0.29) is 0 Å². The van der Waals surface area contributed by atoms with Crippen molar-refractivity contribution in [1.29, 1.82) is 0 Å². The molecule has 1 aromatic carbocycles. The fourth-order valence-electron chi connectivity index (χ4n) is 4.43. The first-order chi connectivity index (χ1) is 12.3. The molecule has 4 heterocycles. The Morgan fingerprint density at radius 3 is 2.28 bits per heavy atom. The fourth-order valence-corrected chi connectivity index (χ4v) is 4.43. The number of nitrogens with zero attached hydrogens (tertiary/aromatic N) is 3. The lowest BCUT2D eigenvalue weighted by molar-refractivity contribution is -0.143. The first-order valence-corrected chi connectivity index (χ1v) is 9.20. The molecule has 1 amide bonds. The Balaban J connectivity index is 1.28. The zero-order valence-corrected chi connectivity index (χ0v) is 14.1. The van der Waals surface area contributed by atoms with Crippen molar-refractivity contribution in [1.82, 2.24) is 20.2 Å². The maximum Gasteiger partial charge on any atom is 0.225 e. The van der Waals surface area contributed by atoms with Gasteiger partial charge in [-0.3, -0.25) is 4.79 Å². The minimum absolute atomic E-state index is 0.309. The van der Waals surface area contributed by atoms with Gasteiger partial charge in [0.2, 0.25) is 5.91 Å². The highest BCUT2D eigenvalue weighted by Crippen LogP contribution is 2.39. The van der Waals surface area contributed by atoms with Gasteiger partial charge in [-0.25, -0.2) is 9.97 Å². The third-order valence-corrected chi connectivity index (χ3v) is 6.08. The Hall–Kier alpha value is -2.27. The van der Waals surface area contributed by atoms with Crippen LogP contribution in [0.3, 0.4) is 0 Å². The van der Waals surface area contributed by atoms with Crippen LogP contribution < -0.4 is 5.32 Å². The van der Waals surface area contributed by atoms with Gasteiger partial charge in [0.1, 0.15) is 6.33 Å². The number of carbonyl (C=O) groups is 1. The summed E-state index contributed by atoms with van der Waals surface area (Å²) in [7, 11) is 0. The number of benzene rings is 1. The average Bonchev–Trinajstić information content (AvgIpc) is 2.62. The summed E-state index contributed by atoms with van der Waals surface area (Å²) in [6.07, 6.45) is 8.63. The number of hydrogen-bond donors (Lipinski definition) is 1. The Bertz CT molecular complexity index is 760. The molecule has 1 saturated carbocycles. The van der Waals surface area contributed by atoms with Gasteiger partial charge < -0.3 is 10.2 Å². The predicted molar refractivity (Wildman–Crippen MR) is 94.8 cm³/mol. The van der Waals surface area contributed by atoms with Crippen LogP contribution in [0.2, 0.25) is 0 Å². The minimum Gasteiger partial charge on any atom is -0.339 e. The molecule has 4 aliphatic rings. The Morgan fingerprint density at radius 1 is 1.00 bits per heavy atom. The van der Waals surface area contributed by atoms with Gasteiger partial charge in [0, 0.05) is 55.0 Å². The molecule has 5 nitrogen and oxygen atoms in total.